The third kappa shape index (κ3) is 6.56. The summed E-state index contributed by atoms with van der Waals surface area (Å²) in [7, 11) is 1.95. The molecule has 0 spiro atoms. The highest BCUT2D eigenvalue weighted by Gasteiger charge is 2.33. The van der Waals surface area contributed by atoms with Crippen molar-refractivity contribution in [2.75, 3.05) is 11.4 Å². The first kappa shape index (κ1) is 34.7. The van der Waals surface area contributed by atoms with E-state index in [4.69, 9.17) is 4.74 Å². The molecule has 0 N–H and O–H groups in total. The number of hydrogen-bond acceptors (Lipinski definition) is 4. The van der Waals surface area contributed by atoms with Crippen LogP contribution in [0, 0.1) is 6.92 Å². The van der Waals surface area contributed by atoms with Crippen molar-refractivity contribution in [3.8, 4) is 17.0 Å². The molecule has 0 bridgehead atoms. The van der Waals surface area contributed by atoms with E-state index in [1.807, 2.05) is 127 Å². The Morgan fingerprint density at radius 2 is 1.30 bits per heavy atom. The van der Waals surface area contributed by atoms with E-state index in [0.29, 0.717) is 42.9 Å². The normalized spacial score (nSPS) is 14.9. The Balaban J connectivity index is 1.20. The zero-order valence-corrected chi connectivity index (χ0v) is 30.7. The van der Waals surface area contributed by atoms with Crippen molar-refractivity contribution in [3.63, 3.8) is 0 Å². The van der Waals surface area contributed by atoms with Crippen LogP contribution in [0.4, 0.5) is 16.2 Å². The number of ether oxygens (including phenoxy) is 1. The molecule has 6 aromatic rings. The Labute approximate surface area is 315 Å². The summed E-state index contributed by atoms with van der Waals surface area (Å²) in [6.45, 7) is 5.34. The Bertz CT molecular complexity index is 2310. The molecule has 54 heavy (non-hydrogen) atoms. The smallest absolute Gasteiger partial charge is 0.410 e. The number of fused-ring (bicyclic) bond motifs is 2. The van der Waals surface area contributed by atoms with Gasteiger partial charge in [0.1, 0.15) is 5.75 Å². The van der Waals surface area contributed by atoms with Crippen LogP contribution in [0.3, 0.4) is 0 Å². The number of rotatable bonds is 6. The van der Waals surface area contributed by atoms with Crippen molar-refractivity contribution in [1.82, 2.24) is 14.4 Å². The van der Waals surface area contributed by atoms with E-state index in [9.17, 15) is 14.4 Å². The van der Waals surface area contributed by atoms with E-state index >= 15 is 0 Å². The molecule has 8 nitrogen and oxygen atoms in total. The van der Waals surface area contributed by atoms with Crippen LogP contribution in [0.15, 0.2) is 133 Å². The lowest BCUT2D eigenvalue weighted by Gasteiger charge is -2.36. The lowest BCUT2D eigenvalue weighted by atomic mass is 9.90. The third-order valence-corrected chi connectivity index (χ3v) is 10.8. The van der Waals surface area contributed by atoms with Crippen molar-refractivity contribution in [1.29, 1.82) is 0 Å². The fraction of sp³-hybridized carbons (Fsp3) is 0.196. The van der Waals surface area contributed by atoms with Crippen LogP contribution in [0.25, 0.3) is 11.3 Å². The number of aromatic nitrogens is 1. The number of carbonyl (C=O) groups excluding carboxylic acids is 3. The van der Waals surface area contributed by atoms with Gasteiger partial charge in [-0.3, -0.25) is 14.5 Å². The fourth-order valence-electron chi connectivity index (χ4n) is 7.75. The monoisotopic (exact) mass is 714 g/mol. The molecule has 8 heteroatoms. The molecule has 0 fully saturated rings. The van der Waals surface area contributed by atoms with Gasteiger partial charge < -0.3 is 19.1 Å². The number of anilines is 2. The lowest BCUT2D eigenvalue weighted by Crippen LogP contribution is -2.43. The molecule has 0 saturated heterocycles. The van der Waals surface area contributed by atoms with Crippen molar-refractivity contribution in [3.05, 3.63) is 173 Å². The molecule has 1 atom stereocenters. The molecule has 2 aliphatic rings. The minimum absolute atomic E-state index is 0.0220. The summed E-state index contributed by atoms with van der Waals surface area (Å²) < 4.78 is 7.71. The largest absolute Gasteiger partial charge is 0.415 e. The summed E-state index contributed by atoms with van der Waals surface area (Å²) >= 11 is 0. The number of nitrogens with zero attached hydrogens (tertiary/aromatic N) is 4. The van der Waals surface area contributed by atoms with Crippen LogP contribution < -0.4 is 9.64 Å². The average molecular weight is 715 g/mol. The minimum Gasteiger partial charge on any atom is -0.410 e. The first-order chi connectivity index (χ1) is 26.3. The van der Waals surface area contributed by atoms with Crippen molar-refractivity contribution >= 4 is 29.3 Å². The summed E-state index contributed by atoms with van der Waals surface area (Å²) in [6.07, 6.45) is 0.935. The van der Waals surface area contributed by atoms with Crippen LogP contribution in [-0.2, 0) is 33.0 Å². The maximum atomic E-state index is 14.9. The number of benzene rings is 5. The molecule has 270 valence electrons. The number of carbonyl (C=O) groups is 3. The second kappa shape index (κ2) is 14.5. The molecule has 5 aromatic carbocycles. The maximum absolute atomic E-state index is 14.9. The molecule has 3 amide bonds. The van der Waals surface area contributed by atoms with Gasteiger partial charge in [0.2, 0.25) is 0 Å². The second-order valence-corrected chi connectivity index (χ2v) is 14.2. The number of amides is 3. The standard InChI is InChI=1S/C46H42N4O4/c1-31-25-33-15-13-14-16-35(33)30-49(31)44(51)42-27-36-29-48(46(53)54-39-21-11-6-12-22-39)24-23-34(36)26-41(42)43-28-40(32(2)47(43)3)45(52)50(37-17-7-4-8-18-37)38-19-9-5-10-20-38/h4-22,26-28,31H,23-25,29-30H2,1-3H3/t31-/m1/s1. The average Bonchev–Trinajstić information content (AvgIpc) is 3.50. The molecule has 0 saturated carbocycles. The fourth-order valence-corrected chi connectivity index (χ4v) is 7.75. The summed E-state index contributed by atoms with van der Waals surface area (Å²) in [4.78, 5) is 48.2. The molecular weight excluding hydrogens is 673 g/mol. The van der Waals surface area contributed by atoms with Gasteiger partial charge >= 0.3 is 6.09 Å². The third-order valence-electron chi connectivity index (χ3n) is 10.8. The molecule has 2 aliphatic heterocycles. The highest BCUT2D eigenvalue weighted by atomic mass is 16.6. The van der Waals surface area contributed by atoms with E-state index < -0.39 is 6.09 Å². The van der Waals surface area contributed by atoms with Gasteiger partial charge in [0.25, 0.3) is 11.8 Å². The van der Waals surface area contributed by atoms with Gasteiger partial charge in [-0.2, -0.15) is 0 Å². The molecule has 8 rings (SSSR count). The molecule has 3 heterocycles. The zero-order valence-electron chi connectivity index (χ0n) is 30.7. The van der Waals surface area contributed by atoms with Crippen LogP contribution in [0.1, 0.15) is 55.6 Å². The van der Waals surface area contributed by atoms with Crippen LogP contribution in [-0.4, -0.2) is 44.9 Å². The van der Waals surface area contributed by atoms with Gasteiger partial charge in [0.15, 0.2) is 0 Å². The van der Waals surface area contributed by atoms with Crippen molar-refractivity contribution in [2.24, 2.45) is 7.05 Å². The topological polar surface area (TPSA) is 75.1 Å². The first-order valence-electron chi connectivity index (χ1n) is 18.4. The Morgan fingerprint density at radius 1 is 0.685 bits per heavy atom. The van der Waals surface area contributed by atoms with E-state index in [-0.39, 0.29) is 17.9 Å². The van der Waals surface area contributed by atoms with E-state index in [2.05, 4.69) is 25.1 Å². The lowest BCUT2D eigenvalue weighted by molar-refractivity contribution is 0.0658. The van der Waals surface area contributed by atoms with Crippen LogP contribution in [0.5, 0.6) is 5.75 Å². The quantitative estimate of drug-likeness (QED) is 0.173. The van der Waals surface area contributed by atoms with Crippen LogP contribution >= 0.6 is 0 Å². The molecule has 0 unspecified atom stereocenters. The summed E-state index contributed by atoms with van der Waals surface area (Å²) in [5.74, 6) is 0.244. The predicted octanol–water partition coefficient (Wildman–Crippen LogP) is 9.12. The van der Waals surface area contributed by atoms with Gasteiger partial charge in [-0.05, 0) is 104 Å². The molecular formula is C46H42N4O4. The Kier molecular flexibility index (Phi) is 9.34. The van der Waals surface area contributed by atoms with Gasteiger partial charge in [0.05, 0.1) is 5.56 Å². The van der Waals surface area contributed by atoms with Crippen molar-refractivity contribution in [2.45, 2.75) is 45.8 Å². The van der Waals surface area contributed by atoms with Gasteiger partial charge in [-0.15, -0.1) is 0 Å². The van der Waals surface area contributed by atoms with E-state index in [0.717, 1.165) is 51.4 Å². The molecule has 1 aromatic heterocycles. The maximum Gasteiger partial charge on any atom is 0.415 e. The van der Waals surface area contributed by atoms with E-state index in [1.165, 1.54) is 5.56 Å². The molecule has 0 aliphatic carbocycles. The highest BCUT2D eigenvalue weighted by Crippen LogP contribution is 2.37. The van der Waals surface area contributed by atoms with E-state index in [1.54, 1.807) is 21.9 Å². The number of hydrogen-bond donors (Lipinski definition) is 0. The van der Waals surface area contributed by atoms with Gasteiger partial charge in [-0.25, -0.2) is 4.79 Å². The predicted molar refractivity (Wildman–Crippen MR) is 211 cm³/mol. The first-order valence-corrected chi connectivity index (χ1v) is 18.4. The minimum atomic E-state index is -0.423. The van der Waals surface area contributed by atoms with Gasteiger partial charge in [-0.1, -0.05) is 78.9 Å². The Hall–Kier alpha value is -6.41. The molecule has 0 radical (unpaired) electrons. The van der Waals surface area contributed by atoms with Gasteiger partial charge in [0, 0.05) is 66.6 Å². The van der Waals surface area contributed by atoms with Crippen molar-refractivity contribution < 1.29 is 19.1 Å². The number of para-hydroxylation sites is 3. The highest BCUT2D eigenvalue weighted by molar-refractivity contribution is 6.12. The summed E-state index contributed by atoms with van der Waals surface area (Å²) in [5.41, 5.74) is 9.31. The van der Waals surface area contributed by atoms with Crippen LogP contribution in [0.2, 0.25) is 0 Å². The summed E-state index contributed by atoms with van der Waals surface area (Å²) in [5, 5.41) is 0. The SMILES string of the molecule is Cc1c(C(=O)N(c2ccccc2)c2ccccc2)cc(-c2cc3c(cc2C(=O)N2Cc4ccccc4C[C@H]2C)CN(C(=O)Oc2ccccc2)CC3)n1C. The second-order valence-electron chi connectivity index (χ2n) is 14.2. The summed E-state index contributed by atoms with van der Waals surface area (Å²) in [6, 6.07) is 42.6. The Morgan fingerprint density at radius 3 is 1.96 bits per heavy atom. The zero-order chi connectivity index (χ0) is 37.3.